The second-order valence-corrected chi connectivity index (χ2v) is 5.00. The summed E-state index contributed by atoms with van der Waals surface area (Å²) in [5.74, 6) is 1.07. The molecule has 23 heavy (non-hydrogen) atoms. The van der Waals surface area contributed by atoms with Crippen LogP contribution in [0.3, 0.4) is 0 Å². The third-order valence-electron chi connectivity index (χ3n) is 3.29. The number of hydrogen-bond donors (Lipinski definition) is 1. The Hall–Kier alpha value is -2.64. The molecular formula is C15H13F3N4O. The first-order valence-corrected chi connectivity index (χ1v) is 6.92. The van der Waals surface area contributed by atoms with E-state index in [9.17, 15) is 13.2 Å². The standard InChI is InChI=1S/C15H13F3N4O/c1-9-21-14(23-22-9)5-7-19-12-4-6-20-13-8-10(15(16,17)18)2-3-11(12)13/h2-4,6,8H,5,7H2,1H3,(H,19,20). The van der Waals surface area contributed by atoms with Gasteiger partial charge in [-0.25, -0.2) is 0 Å². The summed E-state index contributed by atoms with van der Waals surface area (Å²) < 4.78 is 43.2. The highest BCUT2D eigenvalue weighted by Crippen LogP contribution is 2.32. The lowest BCUT2D eigenvalue weighted by molar-refractivity contribution is -0.137. The van der Waals surface area contributed by atoms with E-state index in [4.69, 9.17) is 4.52 Å². The van der Waals surface area contributed by atoms with Gasteiger partial charge in [-0.3, -0.25) is 4.98 Å². The number of pyridine rings is 1. The van der Waals surface area contributed by atoms with E-state index < -0.39 is 11.7 Å². The van der Waals surface area contributed by atoms with Crippen LogP contribution >= 0.6 is 0 Å². The molecule has 0 radical (unpaired) electrons. The van der Waals surface area contributed by atoms with Crippen LogP contribution in [-0.4, -0.2) is 21.7 Å². The van der Waals surface area contributed by atoms with Crippen molar-refractivity contribution in [2.24, 2.45) is 0 Å². The highest BCUT2D eigenvalue weighted by Gasteiger charge is 2.30. The molecule has 8 heteroatoms. The lowest BCUT2D eigenvalue weighted by Crippen LogP contribution is -2.07. The fourth-order valence-corrected chi connectivity index (χ4v) is 2.22. The van der Waals surface area contributed by atoms with E-state index in [1.807, 2.05) is 0 Å². The summed E-state index contributed by atoms with van der Waals surface area (Å²) in [6, 6.07) is 5.23. The van der Waals surface area contributed by atoms with Crippen LogP contribution in [0.2, 0.25) is 0 Å². The Kier molecular flexibility index (Phi) is 3.89. The molecule has 2 heterocycles. The van der Waals surface area contributed by atoms with E-state index in [0.717, 1.165) is 12.1 Å². The second kappa shape index (κ2) is 5.86. The van der Waals surface area contributed by atoms with Gasteiger partial charge in [0.15, 0.2) is 5.82 Å². The molecule has 3 aromatic rings. The van der Waals surface area contributed by atoms with Crippen molar-refractivity contribution < 1.29 is 17.7 Å². The third-order valence-corrected chi connectivity index (χ3v) is 3.29. The van der Waals surface area contributed by atoms with Gasteiger partial charge in [-0.2, -0.15) is 18.2 Å². The highest BCUT2D eigenvalue weighted by atomic mass is 19.4. The quantitative estimate of drug-likeness (QED) is 0.795. The zero-order valence-electron chi connectivity index (χ0n) is 12.2. The summed E-state index contributed by atoms with van der Waals surface area (Å²) in [4.78, 5) is 8.09. The van der Waals surface area contributed by atoms with Crippen molar-refractivity contribution >= 4 is 16.6 Å². The van der Waals surface area contributed by atoms with Gasteiger partial charge in [-0.15, -0.1) is 0 Å². The Bertz CT molecular complexity index is 829. The highest BCUT2D eigenvalue weighted by molar-refractivity contribution is 5.91. The number of anilines is 1. The molecule has 0 spiro atoms. The normalized spacial score (nSPS) is 11.8. The van der Waals surface area contributed by atoms with Crippen molar-refractivity contribution in [3.63, 3.8) is 0 Å². The maximum absolute atomic E-state index is 12.7. The van der Waals surface area contributed by atoms with Gasteiger partial charge in [0.25, 0.3) is 0 Å². The Morgan fingerprint density at radius 1 is 1.22 bits per heavy atom. The van der Waals surface area contributed by atoms with Crippen LogP contribution in [0.15, 0.2) is 35.0 Å². The predicted octanol–water partition coefficient (Wildman–Crippen LogP) is 3.60. The van der Waals surface area contributed by atoms with Crippen molar-refractivity contribution in [3.05, 3.63) is 47.7 Å². The number of rotatable bonds is 4. The van der Waals surface area contributed by atoms with E-state index in [0.29, 0.717) is 41.3 Å². The number of nitrogens with one attached hydrogen (secondary N) is 1. The Balaban J connectivity index is 1.78. The van der Waals surface area contributed by atoms with Gasteiger partial charge in [-0.1, -0.05) is 11.2 Å². The Morgan fingerprint density at radius 2 is 2.04 bits per heavy atom. The summed E-state index contributed by atoms with van der Waals surface area (Å²) >= 11 is 0. The Labute approximate surface area is 129 Å². The summed E-state index contributed by atoms with van der Waals surface area (Å²) in [7, 11) is 0. The molecule has 0 amide bonds. The molecule has 1 N–H and O–H groups in total. The van der Waals surface area contributed by atoms with Crippen molar-refractivity contribution in [3.8, 4) is 0 Å². The molecule has 0 fully saturated rings. The van der Waals surface area contributed by atoms with E-state index >= 15 is 0 Å². The SMILES string of the molecule is Cc1noc(CCNc2ccnc3cc(C(F)(F)F)ccc23)n1. The van der Waals surface area contributed by atoms with E-state index in [2.05, 4.69) is 20.4 Å². The molecule has 3 rings (SSSR count). The van der Waals surface area contributed by atoms with Crippen molar-refractivity contribution in [1.82, 2.24) is 15.1 Å². The zero-order valence-corrected chi connectivity index (χ0v) is 12.2. The van der Waals surface area contributed by atoms with Crippen LogP contribution in [0.25, 0.3) is 10.9 Å². The van der Waals surface area contributed by atoms with Crippen LogP contribution in [0.4, 0.5) is 18.9 Å². The minimum absolute atomic E-state index is 0.290. The molecule has 0 unspecified atom stereocenters. The number of alkyl halides is 3. The second-order valence-electron chi connectivity index (χ2n) is 5.00. The molecule has 0 aliphatic heterocycles. The summed E-state index contributed by atoms with van der Waals surface area (Å²) in [6.45, 7) is 2.25. The third kappa shape index (κ3) is 3.41. The lowest BCUT2D eigenvalue weighted by Gasteiger charge is -2.11. The van der Waals surface area contributed by atoms with Gasteiger partial charge in [0, 0.05) is 30.2 Å². The first kappa shape index (κ1) is 15.3. The largest absolute Gasteiger partial charge is 0.416 e. The predicted molar refractivity (Wildman–Crippen MR) is 78.0 cm³/mol. The van der Waals surface area contributed by atoms with E-state index in [1.165, 1.54) is 12.3 Å². The zero-order chi connectivity index (χ0) is 16.4. The van der Waals surface area contributed by atoms with Crippen LogP contribution < -0.4 is 5.32 Å². The van der Waals surface area contributed by atoms with Gasteiger partial charge in [0.2, 0.25) is 5.89 Å². The fourth-order valence-electron chi connectivity index (χ4n) is 2.22. The van der Waals surface area contributed by atoms with Crippen molar-refractivity contribution in [2.75, 3.05) is 11.9 Å². The molecule has 5 nitrogen and oxygen atoms in total. The number of fused-ring (bicyclic) bond motifs is 1. The molecule has 0 aliphatic rings. The van der Waals surface area contributed by atoms with Crippen LogP contribution in [0, 0.1) is 6.92 Å². The number of nitrogens with zero attached hydrogens (tertiary/aromatic N) is 3. The molecule has 1 aromatic carbocycles. The maximum Gasteiger partial charge on any atom is 0.416 e. The van der Waals surface area contributed by atoms with Gasteiger partial charge in [-0.05, 0) is 25.1 Å². The molecule has 2 aromatic heterocycles. The van der Waals surface area contributed by atoms with Crippen molar-refractivity contribution in [1.29, 1.82) is 0 Å². The molecule has 0 bridgehead atoms. The van der Waals surface area contributed by atoms with Gasteiger partial charge in [0.1, 0.15) is 0 Å². The summed E-state index contributed by atoms with van der Waals surface area (Å²) in [6.07, 6.45) is -2.39. The first-order valence-electron chi connectivity index (χ1n) is 6.92. The smallest absolute Gasteiger partial charge is 0.384 e. The number of halogens is 3. The van der Waals surface area contributed by atoms with Crippen LogP contribution in [0.5, 0.6) is 0 Å². The lowest BCUT2D eigenvalue weighted by atomic mass is 10.1. The van der Waals surface area contributed by atoms with Crippen molar-refractivity contribution in [2.45, 2.75) is 19.5 Å². The molecular weight excluding hydrogens is 309 g/mol. The number of aromatic nitrogens is 3. The topological polar surface area (TPSA) is 63.8 Å². The molecule has 0 aliphatic carbocycles. The molecule has 0 atom stereocenters. The summed E-state index contributed by atoms with van der Waals surface area (Å²) in [5, 5.41) is 7.48. The van der Waals surface area contributed by atoms with E-state index in [1.54, 1.807) is 13.0 Å². The monoisotopic (exact) mass is 322 g/mol. The molecule has 0 saturated carbocycles. The average Bonchev–Trinajstić information content (AvgIpc) is 2.91. The summed E-state index contributed by atoms with van der Waals surface area (Å²) in [5.41, 5.74) is 0.286. The number of aryl methyl sites for hydroxylation is 1. The van der Waals surface area contributed by atoms with Gasteiger partial charge < -0.3 is 9.84 Å². The van der Waals surface area contributed by atoms with E-state index in [-0.39, 0.29) is 0 Å². The van der Waals surface area contributed by atoms with Crippen LogP contribution in [0.1, 0.15) is 17.3 Å². The Morgan fingerprint density at radius 3 is 2.74 bits per heavy atom. The molecule has 0 saturated heterocycles. The molecule has 120 valence electrons. The van der Waals surface area contributed by atoms with Crippen LogP contribution in [-0.2, 0) is 12.6 Å². The minimum Gasteiger partial charge on any atom is -0.384 e. The number of hydrogen-bond acceptors (Lipinski definition) is 5. The van der Waals surface area contributed by atoms with Gasteiger partial charge in [0.05, 0.1) is 11.1 Å². The number of benzene rings is 1. The first-order chi connectivity index (χ1) is 10.9. The fraction of sp³-hybridized carbons (Fsp3) is 0.267. The minimum atomic E-state index is -4.38. The average molecular weight is 322 g/mol. The van der Waals surface area contributed by atoms with Gasteiger partial charge >= 0.3 is 6.18 Å². The maximum atomic E-state index is 12.7.